The second-order valence-electron chi connectivity index (χ2n) is 8.13. The van der Waals surface area contributed by atoms with Gasteiger partial charge < -0.3 is 5.32 Å². The highest BCUT2D eigenvalue weighted by Crippen LogP contribution is 2.32. The molecule has 9 nitrogen and oxygen atoms in total. The number of fused-ring (bicyclic) bond motifs is 2. The standard InChI is InChI=1S/C19H22N6O3S/c1-19(2,3)16-10-14(23-18-20-11-21-25(16)18)17(26)22-13-5-6-15-12(9-13)7-8-24(15)29(4,27)28/h5-6,9-11H,7-8H2,1-4H3,(H,22,26). The van der Waals surface area contributed by atoms with Crippen LogP contribution in [0.3, 0.4) is 0 Å². The fourth-order valence-corrected chi connectivity index (χ4v) is 4.41. The van der Waals surface area contributed by atoms with Gasteiger partial charge in [-0.3, -0.25) is 9.10 Å². The van der Waals surface area contributed by atoms with E-state index in [1.54, 1.807) is 28.8 Å². The molecule has 29 heavy (non-hydrogen) atoms. The summed E-state index contributed by atoms with van der Waals surface area (Å²) in [6, 6.07) is 6.93. The van der Waals surface area contributed by atoms with E-state index in [1.807, 2.05) is 20.8 Å². The number of aromatic nitrogens is 4. The Balaban J connectivity index is 1.64. The maximum atomic E-state index is 12.8. The van der Waals surface area contributed by atoms with E-state index >= 15 is 0 Å². The minimum atomic E-state index is -3.31. The first-order chi connectivity index (χ1) is 13.5. The molecule has 3 aromatic rings. The highest BCUT2D eigenvalue weighted by molar-refractivity contribution is 7.92. The van der Waals surface area contributed by atoms with Gasteiger partial charge >= 0.3 is 0 Å². The van der Waals surface area contributed by atoms with Crippen LogP contribution in [-0.4, -0.2) is 46.7 Å². The number of rotatable bonds is 3. The van der Waals surface area contributed by atoms with E-state index in [0.29, 0.717) is 30.1 Å². The fourth-order valence-electron chi connectivity index (χ4n) is 3.45. The molecule has 0 atom stereocenters. The number of carbonyl (C=O) groups excluding carboxylic acids is 1. The number of benzene rings is 1. The van der Waals surface area contributed by atoms with Gasteiger partial charge in [0, 0.05) is 17.6 Å². The van der Waals surface area contributed by atoms with Crippen molar-refractivity contribution in [2.45, 2.75) is 32.6 Å². The fraction of sp³-hybridized carbons (Fsp3) is 0.368. The van der Waals surface area contributed by atoms with Crippen molar-refractivity contribution < 1.29 is 13.2 Å². The van der Waals surface area contributed by atoms with Crippen molar-refractivity contribution in [3.63, 3.8) is 0 Å². The average molecular weight is 414 g/mol. The number of hydrogen-bond acceptors (Lipinski definition) is 6. The van der Waals surface area contributed by atoms with Crippen LogP contribution in [0.4, 0.5) is 11.4 Å². The van der Waals surface area contributed by atoms with E-state index < -0.39 is 10.0 Å². The molecule has 0 spiro atoms. The molecule has 2 aromatic heterocycles. The molecule has 1 amide bonds. The summed E-state index contributed by atoms with van der Waals surface area (Å²) in [5.41, 5.74) is 2.93. The van der Waals surface area contributed by atoms with Crippen LogP contribution in [0.25, 0.3) is 5.78 Å². The Labute approximate surface area is 168 Å². The van der Waals surface area contributed by atoms with E-state index in [0.717, 1.165) is 11.3 Å². The molecule has 152 valence electrons. The monoisotopic (exact) mass is 414 g/mol. The smallest absolute Gasteiger partial charge is 0.274 e. The maximum absolute atomic E-state index is 12.8. The van der Waals surface area contributed by atoms with Gasteiger partial charge in [-0.15, -0.1) is 0 Å². The zero-order valence-corrected chi connectivity index (χ0v) is 17.5. The second kappa shape index (κ2) is 6.51. The van der Waals surface area contributed by atoms with Crippen molar-refractivity contribution in [2.75, 3.05) is 22.4 Å². The predicted molar refractivity (Wildman–Crippen MR) is 110 cm³/mol. The molecule has 0 aliphatic carbocycles. The third-order valence-corrected chi connectivity index (χ3v) is 6.02. The summed E-state index contributed by atoms with van der Waals surface area (Å²) in [6.45, 7) is 6.49. The lowest BCUT2D eigenvalue weighted by atomic mass is 9.91. The zero-order valence-electron chi connectivity index (χ0n) is 16.7. The van der Waals surface area contributed by atoms with Crippen LogP contribution in [0.1, 0.15) is 42.5 Å². The van der Waals surface area contributed by atoms with Crippen LogP contribution in [-0.2, 0) is 21.9 Å². The van der Waals surface area contributed by atoms with Crippen molar-refractivity contribution in [2.24, 2.45) is 0 Å². The van der Waals surface area contributed by atoms with Gasteiger partial charge in [-0.1, -0.05) is 20.8 Å². The van der Waals surface area contributed by atoms with Gasteiger partial charge in [0.15, 0.2) is 0 Å². The Morgan fingerprint density at radius 1 is 1.21 bits per heavy atom. The Kier molecular flexibility index (Phi) is 4.34. The molecule has 0 radical (unpaired) electrons. The van der Waals surface area contributed by atoms with E-state index in [1.165, 1.54) is 16.9 Å². The zero-order chi connectivity index (χ0) is 21.0. The summed E-state index contributed by atoms with van der Waals surface area (Å²) in [5, 5.41) is 7.04. The van der Waals surface area contributed by atoms with Crippen molar-refractivity contribution in [3.05, 3.63) is 47.5 Å². The second-order valence-corrected chi connectivity index (χ2v) is 10.0. The normalized spacial score (nSPS) is 14.3. The summed E-state index contributed by atoms with van der Waals surface area (Å²) >= 11 is 0. The average Bonchev–Trinajstić information content (AvgIpc) is 3.25. The molecule has 1 aromatic carbocycles. The molecule has 1 aliphatic rings. The number of anilines is 2. The van der Waals surface area contributed by atoms with Crippen molar-refractivity contribution in [1.82, 2.24) is 19.6 Å². The Bertz CT molecular complexity index is 1230. The summed E-state index contributed by atoms with van der Waals surface area (Å²) in [5.74, 6) is -0.000705. The molecule has 0 bridgehead atoms. The van der Waals surface area contributed by atoms with Gasteiger partial charge in [-0.2, -0.15) is 10.1 Å². The van der Waals surface area contributed by atoms with Gasteiger partial charge in [-0.25, -0.2) is 17.9 Å². The first-order valence-corrected chi connectivity index (χ1v) is 11.0. The first-order valence-electron chi connectivity index (χ1n) is 9.17. The number of sulfonamides is 1. The molecule has 0 unspecified atom stereocenters. The lowest BCUT2D eigenvalue weighted by Crippen LogP contribution is -2.27. The molecule has 10 heteroatoms. The lowest BCUT2D eigenvalue weighted by Gasteiger charge is -2.20. The summed E-state index contributed by atoms with van der Waals surface area (Å²) in [7, 11) is -3.31. The predicted octanol–water partition coefficient (Wildman–Crippen LogP) is 2.00. The molecule has 0 saturated carbocycles. The third-order valence-electron chi connectivity index (χ3n) is 4.84. The molecule has 1 N–H and O–H groups in total. The topological polar surface area (TPSA) is 110 Å². The van der Waals surface area contributed by atoms with Gasteiger partial charge in [0.1, 0.15) is 12.0 Å². The number of hydrogen-bond donors (Lipinski definition) is 1. The molecular formula is C19H22N6O3S. The number of nitrogens with zero attached hydrogens (tertiary/aromatic N) is 5. The molecule has 0 fully saturated rings. The minimum Gasteiger partial charge on any atom is -0.321 e. The van der Waals surface area contributed by atoms with Crippen LogP contribution in [0.5, 0.6) is 0 Å². The minimum absolute atomic E-state index is 0.244. The third kappa shape index (κ3) is 3.55. The van der Waals surface area contributed by atoms with Crippen molar-refractivity contribution in [3.8, 4) is 0 Å². The van der Waals surface area contributed by atoms with Crippen LogP contribution in [0.2, 0.25) is 0 Å². The lowest BCUT2D eigenvalue weighted by molar-refractivity contribution is 0.102. The summed E-state index contributed by atoms with van der Waals surface area (Å²) in [4.78, 5) is 21.3. The van der Waals surface area contributed by atoms with Crippen LogP contribution >= 0.6 is 0 Å². The Hall–Kier alpha value is -3.01. The quantitative estimate of drug-likeness (QED) is 0.702. The molecular weight excluding hydrogens is 392 g/mol. The van der Waals surface area contributed by atoms with Gasteiger partial charge in [0.25, 0.3) is 11.7 Å². The number of nitrogens with one attached hydrogen (secondary N) is 1. The van der Waals surface area contributed by atoms with E-state index in [2.05, 4.69) is 20.4 Å². The molecule has 4 rings (SSSR count). The van der Waals surface area contributed by atoms with Crippen LogP contribution < -0.4 is 9.62 Å². The summed E-state index contributed by atoms with van der Waals surface area (Å²) < 4.78 is 26.8. The van der Waals surface area contributed by atoms with E-state index in [4.69, 9.17) is 0 Å². The first kappa shape index (κ1) is 19.3. The summed E-state index contributed by atoms with van der Waals surface area (Å²) in [6.07, 6.45) is 3.20. The van der Waals surface area contributed by atoms with E-state index in [9.17, 15) is 13.2 Å². The molecule has 1 aliphatic heterocycles. The Morgan fingerprint density at radius 3 is 2.66 bits per heavy atom. The van der Waals surface area contributed by atoms with Crippen molar-refractivity contribution in [1.29, 1.82) is 0 Å². The van der Waals surface area contributed by atoms with Crippen LogP contribution in [0, 0.1) is 0 Å². The molecule has 0 saturated heterocycles. The largest absolute Gasteiger partial charge is 0.321 e. The highest BCUT2D eigenvalue weighted by Gasteiger charge is 2.27. The maximum Gasteiger partial charge on any atom is 0.274 e. The number of amides is 1. The highest BCUT2D eigenvalue weighted by atomic mass is 32.2. The van der Waals surface area contributed by atoms with Crippen LogP contribution in [0.15, 0.2) is 30.6 Å². The van der Waals surface area contributed by atoms with Gasteiger partial charge in [0.2, 0.25) is 10.0 Å². The SMILES string of the molecule is CC(C)(C)c1cc(C(=O)Nc2ccc3c(c2)CCN3S(C)(=O)=O)nc2ncnn12. The van der Waals surface area contributed by atoms with Gasteiger partial charge in [-0.05, 0) is 36.2 Å². The van der Waals surface area contributed by atoms with Gasteiger partial charge in [0.05, 0.1) is 17.6 Å². The molecule has 3 heterocycles. The Morgan fingerprint density at radius 2 is 1.97 bits per heavy atom. The van der Waals surface area contributed by atoms with Crippen molar-refractivity contribution >= 4 is 33.1 Å². The number of carbonyl (C=O) groups is 1. The van der Waals surface area contributed by atoms with E-state index in [-0.39, 0.29) is 17.0 Å².